The second-order valence-electron chi connectivity index (χ2n) is 6.32. The lowest BCUT2D eigenvalue weighted by atomic mass is 9.87. The lowest BCUT2D eigenvalue weighted by molar-refractivity contribution is -0.00235. The molecule has 19 heavy (non-hydrogen) atoms. The Morgan fingerprint density at radius 2 is 1.84 bits per heavy atom. The highest BCUT2D eigenvalue weighted by atomic mass is 16.5. The third kappa shape index (κ3) is 2.14. The van der Waals surface area contributed by atoms with Crippen LogP contribution in [0.25, 0.3) is 0 Å². The first kappa shape index (κ1) is 11.7. The summed E-state index contributed by atoms with van der Waals surface area (Å²) < 4.78 is 6.13. The highest BCUT2D eigenvalue weighted by Crippen LogP contribution is 2.42. The second-order valence-corrected chi connectivity index (χ2v) is 6.32. The van der Waals surface area contributed by atoms with Gasteiger partial charge >= 0.3 is 0 Å². The summed E-state index contributed by atoms with van der Waals surface area (Å²) in [4.78, 5) is 6.97. The zero-order valence-electron chi connectivity index (χ0n) is 11.4. The molecule has 2 atom stereocenters. The SMILES string of the molecule is c1cncc(OC2CC3CCC(C2)N3C2CCC2)c1. The number of rotatable bonds is 3. The molecule has 0 amide bonds. The number of nitrogens with zero attached hydrogens (tertiary/aromatic N) is 2. The number of piperidine rings is 1. The monoisotopic (exact) mass is 258 g/mol. The average molecular weight is 258 g/mol. The van der Waals surface area contributed by atoms with Crippen LogP contribution in [0.5, 0.6) is 5.75 Å². The predicted molar refractivity (Wildman–Crippen MR) is 74.2 cm³/mol. The minimum atomic E-state index is 0.401. The molecule has 3 heteroatoms. The van der Waals surface area contributed by atoms with E-state index in [2.05, 4.69) is 9.88 Å². The van der Waals surface area contributed by atoms with Gasteiger partial charge < -0.3 is 4.74 Å². The standard InChI is InChI=1S/C16H22N2O/c1-3-12(4-1)18-13-6-7-14(18)10-16(9-13)19-15-5-2-8-17-11-15/h2,5,8,11-14,16H,1,3-4,6-7,9-10H2. The lowest BCUT2D eigenvalue weighted by Gasteiger charge is -2.46. The smallest absolute Gasteiger partial charge is 0.137 e. The molecule has 3 aliphatic rings. The molecule has 1 saturated carbocycles. The molecule has 0 radical (unpaired) electrons. The number of hydrogen-bond donors (Lipinski definition) is 0. The van der Waals surface area contributed by atoms with Crippen LogP contribution in [0.15, 0.2) is 24.5 Å². The maximum Gasteiger partial charge on any atom is 0.137 e. The van der Waals surface area contributed by atoms with Crippen molar-refractivity contribution in [3.8, 4) is 5.75 Å². The first-order valence-electron chi connectivity index (χ1n) is 7.74. The van der Waals surface area contributed by atoms with E-state index in [0.29, 0.717) is 6.10 Å². The van der Waals surface area contributed by atoms with Crippen molar-refractivity contribution in [3.63, 3.8) is 0 Å². The Morgan fingerprint density at radius 3 is 2.42 bits per heavy atom. The number of pyridine rings is 1. The molecule has 3 fully saturated rings. The van der Waals surface area contributed by atoms with Crippen LogP contribution in [-0.2, 0) is 0 Å². The van der Waals surface area contributed by atoms with Crippen LogP contribution in [0.1, 0.15) is 44.9 Å². The van der Waals surface area contributed by atoms with Gasteiger partial charge in [0.2, 0.25) is 0 Å². The van der Waals surface area contributed by atoms with Crippen molar-refractivity contribution in [1.82, 2.24) is 9.88 Å². The van der Waals surface area contributed by atoms with Gasteiger partial charge in [0.1, 0.15) is 11.9 Å². The zero-order valence-corrected chi connectivity index (χ0v) is 11.4. The van der Waals surface area contributed by atoms with Crippen molar-refractivity contribution in [1.29, 1.82) is 0 Å². The van der Waals surface area contributed by atoms with Gasteiger partial charge in [0, 0.05) is 24.3 Å². The first-order chi connectivity index (χ1) is 9.40. The van der Waals surface area contributed by atoms with Crippen molar-refractivity contribution in [2.45, 2.75) is 69.2 Å². The van der Waals surface area contributed by atoms with Gasteiger partial charge in [-0.25, -0.2) is 0 Å². The van der Waals surface area contributed by atoms with Crippen molar-refractivity contribution >= 4 is 0 Å². The quantitative estimate of drug-likeness (QED) is 0.833. The molecule has 4 rings (SSSR count). The van der Waals surface area contributed by atoms with E-state index in [0.717, 1.165) is 23.9 Å². The van der Waals surface area contributed by atoms with E-state index in [1.165, 1.54) is 44.9 Å². The summed E-state index contributed by atoms with van der Waals surface area (Å²) in [7, 11) is 0. The number of ether oxygens (including phenoxy) is 1. The number of hydrogen-bond acceptors (Lipinski definition) is 3. The average Bonchev–Trinajstić information content (AvgIpc) is 2.62. The van der Waals surface area contributed by atoms with Gasteiger partial charge in [-0.3, -0.25) is 9.88 Å². The van der Waals surface area contributed by atoms with E-state index < -0.39 is 0 Å². The molecule has 3 nitrogen and oxygen atoms in total. The van der Waals surface area contributed by atoms with Gasteiger partial charge in [0.05, 0.1) is 6.20 Å². The lowest BCUT2D eigenvalue weighted by Crippen LogP contribution is -2.53. The zero-order chi connectivity index (χ0) is 12.7. The van der Waals surface area contributed by atoms with Crippen LogP contribution in [0.4, 0.5) is 0 Å². The highest BCUT2D eigenvalue weighted by Gasteiger charge is 2.45. The summed E-state index contributed by atoms with van der Waals surface area (Å²) in [6.07, 6.45) is 13.5. The molecule has 0 aromatic carbocycles. The van der Waals surface area contributed by atoms with Crippen molar-refractivity contribution in [2.75, 3.05) is 0 Å². The van der Waals surface area contributed by atoms with Crippen LogP contribution >= 0.6 is 0 Å². The number of aromatic nitrogens is 1. The maximum absolute atomic E-state index is 6.13. The van der Waals surface area contributed by atoms with Gasteiger partial charge in [-0.15, -0.1) is 0 Å². The summed E-state index contributed by atoms with van der Waals surface area (Å²) in [5.74, 6) is 0.934. The minimum Gasteiger partial charge on any atom is -0.489 e. The molecule has 1 aliphatic carbocycles. The predicted octanol–water partition coefficient (Wildman–Crippen LogP) is 3.01. The second kappa shape index (κ2) is 4.78. The van der Waals surface area contributed by atoms with Crippen LogP contribution in [0, 0.1) is 0 Å². The minimum absolute atomic E-state index is 0.401. The summed E-state index contributed by atoms with van der Waals surface area (Å²) >= 11 is 0. The Labute approximate surface area is 115 Å². The van der Waals surface area contributed by atoms with Crippen molar-refractivity contribution in [2.24, 2.45) is 0 Å². The molecule has 2 saturated heterocycles. The topological polar surface area (TPSA) is 25.4 Å². The summed E-state index contributed by atoms with van der Waals surface area (Å²) in [5.41, 5.74) is 0. The fraction of sp³-hybridized carbons (Fsp3) is 0.688. The fourth-order valence-electron chi connectivity index (χ4n) is 4.15. The molecule has 102 valence electrons. The van der Waals surface area contributed by atoms with E-state index in [1.54, 1.807) is 6.20 Å². The van der Waals surface area contributed by atoms with E-state index in [-0.39, 0.29) is 0 Å². The molecule has 2 bridgehead atoms. The Balaban J connectivity index is 1.42. The summed E-state index contributed by atoms with van der Waals surface area (Å²) in [6.45, 7) is 0. The van der Waals surface area contributed by atoms with Gasteiger partial charge in [0.15, 0.2) is 0 Å². The van der Waals surface area contributed by atoms with E-state index >= 15 is 0 Å². The molecule has 3 heterocycles. The Hall–Kier alpha value is -1.09. The molecular weight excluding hydrogens is 236 g/mol. The maximum atomic E-state index is 6.13. The summed E-state index contributed by atoms with van der Waals surface area (Å²) in [6, 6.07) is 6.44. The third-order valence-corrected chi connectivity index (χ3v) is 5.18. The van der Waals surface area contributed by atoms with Crippen LogP contribution in [0.2, 0.25) is 0 Å². The van der Waals surface area contributed by atoms with Gasteiger partial charge in [-0.2, -0.15) is 0 Å². The van der Waals surface area contributed by atoms with E-state index in [9.17, 15) is 0 Å². The van der Waals surface area contributed by atoms with Crippen LogP contribution in [-0.4, -0.2) is 34.1 Å². The largest absolute Gasteiger partial charge is 0.489 e. The van der Waals surface area contributed by atoms with Gasteiger partial charge in [-0.1, -0.05) is 6.42 Å². The first-order valence-corrected chi connectivity index (χ1v) is 7.74. The van der Waals surface area contributed by atoms with Crippen molar-refractivity contribution in [3.05, 3.63) is 24.5 Å². The van der Waals surface area contributed by atoms with Crippen LogP contribution < -0.4 is 4.74 Å². The number of fused-ring (bicyclic) bond motifs is 2. The normalized spacial score (nSPS) is 35.1. The Morgan fingerprint density at radius 1 is 1.05 bits per heavy atom. The molecule has 0 spiro atoms. The Kier molecular flexibility index (Phi) is 2.95. The highest BCUT2D eigenvalue weighted by molar-refractivity contribution is 5.16. The van der Waals surface area contributed by atoms with E-state index in [4.69, 9.17) is 4.74 Å². The van der Waals surface area contributed by atoms with E-state index in [1.807, 2.05) is 18.3 Å². The third-order valence-electron chi connectivity index (χ3n) is 5.18. The molecule has 0 N–H and O–H groups in total. The van der Waals surface area contributed by atoms with Gasteiger partial charge in [0.25, 0.3) is 0 Å². The molecule has 1 aromatic heterocycles. The Bertz CT molecular complexity index is 418. The van der Waals surface area contributed by atoms with Crippen LogP contribution in [0.3, 0.4) is 0 Å². The van der Waals surface area contributed by atoms with Crippen molar-refractivity contribution < 1.29 is 4.74 Å². The molecule has 2 unspecified atom stereocenters. The fourth-order valence-corrected chi connectivity index (χ4v) is 4.15. The molecular formula is C16H22N2O. The van der Waals surface area contributed by atoms with Gasteiger partial charge in [-0.05, 0) is 50.7 Å². The summed E-state index contributed by atoms with van der Waals surface area (Å²) in [5, 5.41) is 0. The molecule has 1 aromatic rings. The molecule has 2 aliphatic heterocycles.